The van der Waals surface area contributed by atoms with Gasteiger partial charge in [0.15, 0.2) is 5.78 Å². The van der Waals surface area contributed by atoms with Gasteiger partial charge in [-0.1, -0.05) is 90.0 Å². The molecular weight excluding hydrogens is 474 g/mol. The molecule has 38 heavy (non-hydrogen) atoms. The Morgan fingerprint density at radius 3 is 2.11 bits per heavy atom. The lowest BCUT2D eigenvalue weighted by molar-refractivity contribution is -0.144. The van der Waals surface area contributed by atoms with Crippen LogP contribution in [0.5, 0.6) is 0 Å². The highest BCUT2D eigenvalue weighted by atomic mass is 16.4. The van der Waals surface area contributed by atoms with Crippen LogP contribution < -0.4 is 0 Å². The lowest BCUT2D eigenvalue weighted by atomic mass is 9.88. The van der Waals surface area contributed by atoms with E-state index in [2.05, 4.69) is 0 Å². The Hall–Kier alpha value is -4.25. The summed E-state index contributed by atoms with van der Waals surface area (Å²) in [6, 6.07) is 28.0. The number of nitrogens with zero attached hydrogens (tertiary/aromatic N) is 1. The summed E-state index contributed by atoms with van der Waals surface area (Å²) >= 11 is 0. The van der Waals surface area contributed by atoms with E-state index in [0.717, 1.165) is 33.0 Å². The second kappa shape index (κ2) is 11.9. The third-order valence-electron chi connectivity index (χ3n) is 7.04. The quantitative estimate of drug-likeness (QED) is 0.284. The fourth-order valence-electron chi connectivity index (χ4n) is 5.11. The summed E-state index contributed by atoms with van der Waals surface area (Å²) in [5.74, 6) is -2.45. The normalized spacial score (nSPS) is 12.6. The van der Waals surface area contributed by atoms with E-state index >= 15 is 0 Å². The summed E-state index contributed by atoms with van der Waals surface area (Å²) in [4.78, 5) is 41.1. The van der Waals surface area contributed by atoms with Gasteiger partial charge in [0.25, 0.3) is 5.91 Å². The van der Waals surface area contributed by atoms with E-state index in [1.165, 1.54) is 4.90 Å². The van der Waals surface area contributed by atoms with Crippen LogP contribution in [-0.4, -0.2) is 40.8 Å². The van der Waals surface area contributed by atoms with Gasteiger partial charge < -0.3 is 10.0 Å². The third kappa shape index (κ3) is 6.35. The molecule has 2 atom stereocenters. The highest BCUT2D eigenvalue weighted by Gasteiger charge is 2.32. The minimum atomic E-state index is -1.02. The number of hydrogen-bond donors (Lipinski definition) is 1. The smallest absolute Gasteiger partial charge is 0.307 e. The summed E-state index contributed by atoms with van der Waals surface area (Å²) in [6.45, 7) is 3.86. The first-order chi connectivity index (χ1) is 18.2. The van der Waals surface area contributed by atoms with Crippen molar-refractivity contribution in [2.24, 2.45) is 5.92 Å². The maximum atomic E-state index is 13.8. The summed E-state index contributed by atoms with van der Waals surface area (Å²) in [7, 11) is 1.63. The maximum Gasteiger partial charge on any atom is 0.307 e. The average Bonchev–Trinajstić information content (AvgIpc) is 2.90. The second-order valence-electron chi connectivity index (χ2n) is 10.0. The van der Waals surface area contributed by atoms with Crippen molar-refractivity contribution in [3.05, 3.63) is 119 Å². The Morgan fingerprint density at radius 2 is 1.42 bits per heavy atom. The first kappa shape index (κ1) is 26.8. The van der Waals surface area contributed by atoms with Crippen molar-refractivity contribution in [1.29, 1.82) is 0 Å². The van der Waals surface area contributed by atoms with Gasteiger partial charge in [0.2, 0.25) is 0 Å². The van der Waals surface area contributed by atoms with E-state index in [1.54, 1.807) is 7.05 Å². The monoisotopic (exact) mass is 507 g/mol. The molecule has 0 aliphatic rings. The molecule has 1 amide bonds. The van der Waals surface area contributed by atoms with E-state index in [0.29, 0.717) is 12.0 Å². The molecular formula is C33H33NO4. The molecule has 0 bridgehead atoms. The molecule has 5 nitrogen and oxygen atoms in total. The van der Waals surface area contributed by atoms with E-state index in [-0.39, 0.29) is 24.5 Å². The van der Waals surface area contributed by atoms with Crippen LogP contribution in [0.1, 0.15) is 39.0 Å². The molecule has 0 saturated heterocycles. The van der Waals surface area contributed by atoms with E-state index in [1.807, 2.05) is 105 Å². The molecule has 4 aromatic rings. The van der Waals surface area contributed by atoms with Crippen LogP contribution in [0, 0.1) is 19.8 Å². The van der Waals surface area contributed by atoms with Gasteiger partial charge in [-0.3, -0.25) is 14.4 Å². The van der Waals surface area contributed by atoms with Crippen LogP contribution in [0.3, 0.4) is 0 Å². The van der Waals surface area contributed by atoms with Crippen molar-refractivity contribution in [3.63, 3.8) is 0 Å². The zero-order valence-corrected chi connectivity index (χ0v) is 22.1. The zero-order chi connectivity index (χ0) is 27.2. The lowest BCUT2D eigenvalue weighted by Gasteiger charge is -2.29. The highest BCUT2D eigenvalue weighted by Crippen LogP contribution is 2.24. The van der Waals surface area contributed by atoms with Gasteiger partial charge >= 0.3 is 5.97 Å². The molecule has 0 aliphatic heterocycles. The summed E-state index contributed by atoms with van der Waals surface area (Å²) in [6.07, 6.45) is 0.378. The fraction of sp³-hybridized carbons (Fsp3) is 0.242. The number of carbonyl (C=O) groups is 3. The molecule has 4 rings (SSSR count). The topological polar surface area (TPSA) is 74.7 Å². The van der Waals surface area contributed by atoms with Crippen LogP contribution in [0.15, 0.2) is 91.0 Å². The van der Waals surface area contributed by atoms with Crippen molar-refractivity contribution < 1.29 is 19.5 Å². The lowest BCUT2D eigenvalue weighted by Crippen LogP contribution is -2.45. The number of benzene rings is 4. The number of aryl methyl sites for hydroxylation is 2. The van der Waals surface area contributed by atoms with Crippen LogP contribution in [0.4, 0.5) is 0 Å². The van der Waals surface area contributed by atoms with Crippen molar-refractivity contribution in [2.75, 3.05) is 7.05 Å². The van der Waals surface area contributed by atoms with E-state index in [9.17, 15) is 19.5 Å². The second-order valence-corrected chi connectivity index (χ2v) is 10.0. The Kier molecular flexibility index (Phi) is 8.37. The summed E-state index contributed by atoms with van der Waals surface area (Å²) < 4.78 is 0. The number of carbonyl (C=O) groups excluding carboxylic acids is 2. The van der Waals surface area contributed by atoms with Crippen molar-refractivity contribution in [2.45, 2.75) is 39.2 Å². The van der Waals surface area contributed by atoms with Gasteiger partial charge in [-0.2, -0.15) is 0 Å². The molecule has 2 unspecified atom stereocenters. The number of Topliss-reactive ketones (excluding diaryl/α,β-unsaturated/α-hetero) is 1. The molecule has 194 valence electrons. The van der Waals surface area contributed by atoms with Gasteiger partial charge in [0.1, 0.15) is 0 Å². The number of rotatable bonds is 10. The van der Waals surface area contributed by atoms with Crippen molar-refractivity contribution in [1.82, 2.24) is 4.90 Å². The van der Waals surface area contributed by atoms with Crippen LogP contribution in [0.2, 0.25) is 0 Å². The largest absolute Gasteiger partial charge is 0.481 e. The van der Waals surface area contributed by atoms with Gasteiger partial charge in [-0.15, -0.1) is 0 Å². The number of ketones is 1. The first-order valence-corrected chi connectivity index (χ1v) is 12.8. The number of likely N-dealkylation sites (N-methyl/N-ethyl adjacent to an activating group) is 1. The molecule has 4 aromatic carbocycles. The predicted molar refractivity (Wildman–Crippen MR) is 150 cm³/mol. The fourth-order valence-corrected chi connectivity index (χ4v) is 5.11. The standard InChI is InChI=1S/C33H33NO4/c1-22-16-23(2)18-27(17-22)32(36)34(3)30(19-24-10-5-4-6-11-24)31(35)21-28(33(37)38)20-26-14-9-13-25-12-7-8-15-29(25)26/h4-18,28,30H,19-21H2,1-3H3,(H,37,38). The molecule has 0 fully saturated rings. The number of hydrogen-bond acceptors (Lipinski definition) is 3. The van der Waals surface area contributed by atoms with Crippen LogP contribution in [0.25, 0.3) is 10.8 Å². The number of carboxylic acid groups (broad SMARTS) is 1. The number of carboxylic acids is 1. The van der Waals surface area contributed by atoms with Gasteiger partial charge in [-0.25, -0.2) is 0 Å². The minimum Gasteiger partial charge on any atom is -0.481 e. The molecule has 0 aromatic heterocycles. The summed E-state index contributed by atoms with van der Waals surface area (Å²) in [5.41, 5.74) is 4.25. The molecule has 0 saturated carbocycles. The molecule has 0 heterocycles. The Morgan fingerprint density at radius 1 is 0.789 bits per heavy atom. The SMILES string of the molecule is Cc1cc(C)cc(C(=O)N(C)C(Cc2ccccc2)C(=O)CC(Cc2cccc3ccccc23)C(=O)O)c1. The van der Waals surface area contributed by atoms with Crippen LogP contribution in [-0.2, 0) is 22.4 Å². The summed E-state index contributed by atoms with van der Waals surface area (Å²) in [5, 5.41) is 12.1. The van der Waals surface area contributed by atoms with Crippen molar-refractivity contribution in [3.8, 4) is 0 Å². The van der Waals surface area contributed by atoms with E-state index < -0.39 is 17.9 Å². The van der Waals surface area contributed by atoms with Gasteiger partial charge in [0, 0.05) is 19.0 Å². The van der Waals surface area contributed by atoms with Crippen molar-refractivity contribution >= 4 is 28.4 Å². The average molecular weight is 508 g/mol. The molecule has 0 radical (unpaired) electrons. The number of amides is 1. The number of fused-ring (bicyclic) bond motifs is 1. The molecule has 0 spiro atoms. The first-order valence-electron chi connectivity index (χ1n) is 12.8. The highest BCUT2D eigenvalue weighted by molar-refractivity contribution is 5.99. The van der Waals surface area contributed by atoms with E-state index in [4.69, 9.17) is 0 Å². The Balaban J connectivity index is 1.62. The Labute approximate surface area is 223 Å². The number of aliphatic carboxylic acids is 1. The molecule has 0 aliphatic carbocycles. The molecule has 1 N–H and O–H groups in total. The van der Waals surface area contributed by atoms with Gasteiger partial charge in [-0.05, 0) is 60.7 Å². The third-order valence-corrected chi connectivity index (χ3v) is 7.04. The minimum absolute atomic E-state index is 0.166. The zero-order valence-electron chi connectivity index (χ0n) is 22.1. The van der Waals surface area contributed by atoms with Crippen LogP contribution >= 0.6 is 0 Å². The predicted octanol–water partition coefficient (Wildman–Crippen LogP) is 6.04. The molecule has 5 heteroatoms. The maximum absolute atomic E-state index is 13.8. The Bertz CT molecular complexity index is 1440. The van der Waals surface area contributed by atoms with Gasteiger partial charge in [0.05, 0.1) is 12.0 Å².